The van der Waals surface area contributed by atoms with Gasteiger partial charge in [0.25, 0.3) is 0 Å². The highest BCUT2D eigenvalue weighted by Crippen LogP contribution is 2.40. The van der Waals surface area contributed by atoms with Gasteiger partial charge in [0.2, 0.25) is 11.8 Å². The molecule has 1 aromatic carbocycles. The lowest BCUT2D eigenvalue weighted by Crippen LogP contribution is -2.25. The van der Waals surface area contributed by atoms with Crippen LogP contribution in [0.15, 0.2) is 36.5 Å². The Morgan fingerprint density at radius 3 is 2.74 bits per heavy atom. The van der Waals surface area contributed by atoms with Crippen molar-refractivity contribution in [1.29, 1.82) is 0 Å². The monoisotopic (exact) mass is 327 g/mol. The van der Waals surface area contributed by atoms with Gasteiger partial charge in [-0.2, -0.15) is 0 Å². The van der Waals surface area contributed by atoms with Gasteiger partial charge in [0.1, 0.15) is 0 Å². The lowest BCUT2D eigenvalue weighted by molar-refractivity contribution is -0.137. The average Bonchev–Trinajstić information content (AvgIpc) is 3.22. The lowest BCUT2D eigenvalue weighted by atomic mass is 9.93. The Labute approximate surface area is 137 Å². The number of benzene rings is 1. The number of hydrogen-bond donors (Lipinski definition) is 2. The number of H-pyrrole nitrogens is 2. The first kappa shape index (κ1) is 14.1. The van der Waals surface area contributed by atoms with Gasteiger partial charge in [-0.3, -0.25) is 14.5 Å². The van der Waals surface area contributed by atoms with Crippen molar-refractivity contribution in [3.63, 3.8) is 0 Å². The average molecular weight is 328 g/mol. The summed E-state index contributed by atoms with van der Waals surface area (Å²) in [7, 11) is 1.53. The molecule has 0 bridgehead atoms. The maximum atomic E-state index is 12.5. The molecule has 116 valence electrons. The van der Waals surface area contributed by atoms with Crippen LogP contribution in [0, 0.1) is 0 Å². The number of nitrogens with one attached hydrogen (secondary N) is 2. The molecule has 0 spiro atoms. The normalized spacial score (nSPS) is 18.3. The van der Waals surface area contributed by atoms with E-state index in [9.17, 15) is 9.59 Å². The van der Waals surface area contributed by atoms with Crippen LogP contribution >= 0.6 is 11.6 Å². The van der Waals surface area contributed by atoms with Crippen LogP contribution in [-0.4, -0.2) is 33.7 Å². The first-order valence-electron chi connectivity index (χ1n) is 7.31. The van der Waals surface area contributed by atoms with Gasteiger partial charge in [-0.25, -0.2) is 0 Å². The van der Waals surface area contributed by atoms with Gasteiger partial charge in [0, 0.05) is 41.2 Å². The number of imide groups is 1. The Kier molecular flexibility index (Phi) is 3.06. The van der Waals surface area contributed by atoms with Crippen molar-refractivity contribution in [2.75, 3.05) is 7.05 Å². The van der Waals surface area contributed by atoms with Crippen LogP contribution in [-0.2, 0) is 9.59 Å². The molecule has 1 unspecified atom stereocenters. The summed E-state index contributed by atoms with van der Waals surface area (Å²) in [6.07, 6.45) is 2.01. The number of carbonyl (C=O) groups is 2. The number of amides is 2. The zero-order valence-corrected chi connectivity index (χ0v) is 13.1. The number of hydrogen-bond acceptors (Lipinski definition) is 2. The molecular weight excluding hydrogens is 314 g/mol. The van der Waals surface area contributed by atoms with E-state index in [1.807, 2.05) is 30.5 Å². The van der Waals surface area contributed by atoms with Crippen molar-refractivity contribution in [2.24, 2.45) is 0 Å². The Bertz CT molecular complexity index is 927. The van der Waals surface area contributed by atoms with Crippen molar-refractivity contribution < 1.29 is 9.59 Å². The summed E-state index contributed by atoms with van der Waals surface area (Å²) in [5.74, 6) is -0.824. The largest absolute Gasteiger partial charge is 0.360 e. The number of rotatable bonds is 2. The van der Waals surface area contributed by atoms with Crippen LogP contribution in [0.4, 0.5) is 0 Å². The second kappa shape index (κ2) is 4.99. The van der Waals surface area contributed by atoms with Crippen LogP contribution in [0.2, 0.25) is 5.02 Å². The van der Waals surface area contributed by atoms with Crippen LogP contribution in [0.25, 0.3) is 22.3 Å². The molecule has 23 heavy (non-hydrogen) atoms. The van der Waals surface area contributed by atoms with Crippen molar-refractivity contribution in [3.05, 3.63) is 47.1 Å². The molecule has 0 saturated carbocycles. The van der Waals surface area contributed by atoms with E-state index in [2.05, 4.69) is 9.97 Å². The minimum Gasteiger partial charge on any atom is -0.360 e. The standard InChI is InChI=1S/C17H14ClN3O2/c1-21-14(22)8-11(17(21)23)15-10-7-9(18)4-5-12(10)20-16(15)13-3-2-6-19-13/h2-7,11,19-20H,8H2,1H3. The number of aromatic nitrogens is 2. The number of fused-ring (bicyclic) bond motifs is 1. The summed E-state index contributed by atoms with van der Waals surface area (Å²) in [6.45, 7) is 0. The van der Waals surface area contributed by atoms with E-state index in [0.29, 0.717) is 5.02 Å². The molecule has 0 radical (unpaired) electrons. The number of nitrogens with zero attached hydrogens (tertiary/aromatic N) is 1. The number of likely N-dealkylation sites (N-methyl/N-ethyl adjacent to an activating group) is 1. The fraction of sp³-hybridized carbons (Fsp3) is 0.176. The second-order valence-electron chi connectivity index (χ2n) is 5.74. The first-order chi connectivity index (χ1) is 11.1. The number of likely N-dealkylation sites (tertiary alicyclic amines) is 1. The van der Waals surface area contributed by atoms with E-state index in [1.54, 1.807) is 6.07 Å². The Hall–Kier alpha value is -2.53. The molecule has 4 rings (SSSR count). The first-order valence-corrected chi connectivity index (χ1v) is 7.69. The third-order valence-electron chi connectivity index (χ3n) is 4.40. The fourth-order valence-corrected chi connectivity index (χ4v) is 3.40. The molecule has 0 aliphatic carbocycles. The highest BCUT2D eigenvalue weighted by atomic mass is 35.5. The van der Waals surface area contributed by atoms with Crippen molar-refractivity contribution in [2.45, 2.75) is 12.3 Å². The van der Waals surface area contributed by atoms with Crippen molar-refractivity contribution in [1.82, 2.24) is 14.9 Å². The van der Waals surface area contributed by atoms with E-state index >= 15 is 0 Å². The minimum absolute atomic E-state index is 0.159. The number of aromatic amines is 2. The van der Waals surface area contributed by atoms with E-state index in [-0.39, 0.29) is 18.2 Å². The summed E-state index contributed by atoms with van der Waals surface area (Å²) < 4.78 is 0. The van der Waals surface area contributed by atoms with Gasteiger partial charge >= 0.3 is 0 Å². The van der Waals surface area contributed by atoms with Crippen LogP contribution in [0.3, 0.4) is 0 Å². The number of carbonyl (C=O) groups excluding carboxylic acids is 2. The molecular formula is C17H14ClN3O2. The highest BCUT2D eigenvalue weighted by molar-refractivity contribution is 6.31. The summed E-state index contributed by atoms with van der Waals surface area (Å²) >= 11 is 6.14. The predicted octanol–water partition coefficient (Wildman–Crippen LogP) is 3.29. The fourth-order valence-electron chi connectivity index (χ4n) is 3.23. The van der Waals surface area contributed by atoms with E-state index < -0.39 is 5.92 Å². The van der Waals surface area contributed by atoms with Crippen molar-refractivity contribution >= 4 is 34.3 Å². The maximum absolute atomic E-state index is 12.5. The Morgan fingerprint density at radius 2 is 2.09 bits per heavy atom. The Balaban J connectivity index is 2.00. The van der Waals surface area contributed by atoms with Crippen LogP contribution in [0.5, 0.6) is 0 Å². The van der Waals surface area contributed by atoms with E-state index in [0.717, 1.165) is 27.9 Å². The topological polar surface area (TPSA) is 69.0 Å². The molecule has 1 saturated heterocycles. The lowest BCUT2D eigenvalue weighted by Gasteiger charge is -2.10. The maximum Gasteiger partial charge on any atom is 0.237 e. The summed E-state index contributed by atoms with van der Waals surface area (Å²) in [4.78, 5) is 32.2. The molecule has 5 nitrogen and oxygen atoms in total. The molecule has 1 aliphatic heterocycles. The molecule has 1 aliphatic rings. The smallest absolute Gasteiger partial charge is 0.237 e. The van der Waals surface area contributed by atoms with Crippen LogP contribution < -0.4 is 0 Å². The highest BCUT2D eigenvalue weighted by Gasteiger charge is 2.40. The Morgan fingerprint density at radius 1 is 1.26 bits per heavy atom. The summed E-state index contributed by atoms with van der Waals surface area (Å²) in [5, 5.41) is 1.48. The molecule has 2 aromatic heterocycles. The van der Waals surface area contributed by atoms with Gasteiger partial charge in [-0.1, -0.05) is 11.6 Å². The SMILES string of the molecule is CN1C(=O)CC(c2c(-c3ccc[nH]3)[nH]c3ccc(Cl)cc23)C1=O. The quantitative estimate of drug-likeness (QED) is 0.709. The molecule has 3 aromatic rings. The van der Waals surface area contributed by atoms with Crippen LogP contribution in [0.1, 0.15) is 17.9 Å². The summed E-state index contributed by atoms with van der Waals surface area (Å²) in [5.41, 5.74) is 3.42. The molecule has 1 fully saturated rings. The van der Waals surface area contributed by atoms with Crippen molar-refractivity contribution in [3.8, 4) is 11.4 Å². The molecule has 2 N–H and O–H groups in total. The van der Waals surface area contributed by atoms with E-state index in [1.165, 1.54) is 11.9 Å². The minimum atomic E-state index is -0.488. The van der Waals surface area contributed by atoms with Gasteiger partial charge in [-0.15, -0.1) is 0 Å². The predicted molar refractivity (Wildman–Crippen MR) is 88.2 cm³/mol. The molecule has 6 heteroatoms. The third kappa shape index (κ3) is 2.08. The van der Waals surface area contributed by atoms with Gasteiger partial charge in [0.15, 0.2) is 0 Å². The van der Waals surface area contributed by atoms with E-state index in [4.69, 9.17) is 11.6 Å². The van der Waals surface area contributed by atoms with Gasteiger partial charge in [-0.05, 0) is 30.3 Å². The molecule has 1 atom stereocenters. The summed E-state index contributed by atoms with van der Waals surface area (Å²) in [6, 6.07) is 9.35. The van der Waals surface area contributed by atoms with Gasteiger partial charge in [0.05, 0.1) is 17.3 Å². The zero-order chi connectivity index (χ0) is 16.1. The number of halogens is 1. The molecule has 2 amide bonds. The van der Waals surface area contributed by atoms with Gasteiger partial charge < -0.3 is 9.97 Å². The molecule has 3 heterocycles. The third-order valence-corrected chi connectivity index (χ3v) is 4.63. The second-order valence-corrected chi connectivity index (χ2v) is 6.17. The zero-order valence-electron chi connectivity index (χ0n) is 12.4.